The molecule has 0 spiro atoms. The minimum Gasteiger partial charge on any atom is -0.507 e. The number of para-hydroxylation sites is 1. The molecule has 3 aromatic carbocycles. The SMILES string of the molecule is COC(=O)N1C(=O)[C@@H]2[C@@H](CC(CO[Si](c3ccccc3)(c3ccccc3)C(C)(C)C)=C([C@H](O)CC/C(=C/c3ccccc3O)c3ccccn3)[C@@H]2CO)C1=O. The number of carbonyl (C=O) groups excluding carboxylic acids is 3. The van der Waals surface area contributed by atoms with Crippen LogP contribution in [0, 0.1) is 17.8 Å². The molecule has 1 fully saturated rings. The van der Waals surface area contributed by atoms with Gasteiger partial charge in [-0.05, 0) is 75.7 Å². The van der Waals surface area contributed by atoms with Gasteiger partial charge in [0.2, 0.25) is 11.8 Å². The zero-order valence-corrected chi connectivity index (χ0v) is 32.6. The Morgan fingerprint density at radius 2 is 1.55 bits per heavy atom. The number of aliphatic hydroxyl groups excluding tert-OH is 2. The minimum absolute atomic E-state index is 0.0138. The summed E-state index contributed by atoms with van der Waals surface area (Å²) in [6, 6.07) is 32.6. The highest BCUT2D eigenvalue weighted by Crippen LogP contribution is 2.47. The molecule has 10 nitrogen and oxygen atoms in total. The molecule has 3 amide bonds. The van der Waals surface area contributed by atoms with Gasteiger partial charge in [0, 0.05) is 17.7 Å². The van der Waals surface area contributed by atoms with Crippen LogP contribution in [0.15, 0.2) is 120 Å². The van der Waals surface area contributed by atoms with E-state index in [0.717, 1.165) is 23.1 Å². The molecule has 55 heavy (non-hydrogen) atoms. The Labute approximate surface area is 322 Å². The maximum atomic E-state index is 13.8. The lowest BCUT2D eigenvalue weighted by Crippen LogP contribution is -2.66. The Morgan fingerprint density at radius 3 is 2.11 bits per heavy atom. The van der Waals surface area contributed by atoms with Gasteiger partial charge in [-0.2, -0.15) is 4.90 Å². The van der Waals surface area contributed by atoms with Crippen molar-refractivity contribution in [2.75, 3.05) is 20.3 Å². The van der Waals surface area contributed by atoms with Gasteiger partial charge in [0.25, 0.3) is 8.32 Å². The van der Waals surface area contributed by atoms with Crippen LogP contribution in [0.3, 0.4) is 0 Å². The van der Waals surface area contributed by atoms with Crippen molar-refractivity contribution in [2.45, 2.75) is 51.2 Å². The van der Waals surface area contributed by atoms with Crippen molar-refractivity contribution < 1.29 is 38.9 Å². The minimum atomic E-state index is -3.12. The summed E-state index contributed by atoms with van der Waals surface area (Å²) in [5.41, 5.74) is 3.04. The number of likely N-dealkylation sites (tertiary alicyclic amines) is 1. The second-order valence-electron chi connectivity index (χ2n) is 15.1. The van der Waals surface area contributed by atoms with Crippen molar-refractivity contribution in [1.82, 2.24) is 9.88 Å². The van der Waals surface area contributed by atoms with Crippen LogP contribution in [0.5, 0.6) is 5.75 Å². The van der Waals surface area contributed by atoms with Crippen molar-refractivity contribution in [3.05, 3.63) is 132 Å². The number of nitrogens with zero attached hydrogens (tertiary/aromatic N) is 2. The first-order chi connectivity index (χ1) is 26.4. The Hall–Kier alpha value is -5.20. The number of allylic oxidation sites excluding steroid dienone is 1. The predicted octanol–water partition coefficient (Wildman–Crippen LogP) is 5.72. The van der Waals surface area contributed by atoms with Gasteiger partial charge in [-0.3, -0.25) is 14.6 Å². The summed E-state index contributed by atoms with van der Waals surface area (Å²) in [6.45, 7) is 5.92. The third kappa shape index (κ3) is 7.70. The van der Waals surface area contributed by atoms with Gasteiger partial charge >= 0.3 is 6.09 Å². The summed E-state index contributed by atoms with van der Waals surface area (Å²) in [5, 5.41) is 35.6. The number of benzene rings is 3. The van der Waals surface area contributed by atoms with E-state index >= 15 is 0 Å². The average molecular weight is 761 g/mol. The predicted molar refractivity (Wildman–Crippen MR) is 212 cm³/mol. The highest BCUT2D eigenvalue weighted by atomic mass is 28.4. The molecular weight excluding hydrogens is 713 g/mol. The van der Waals surface area contributed by atoms with Crippen LogP contribution in [0.1, 0.15) is 51.3 Å². The number of hydrogen-bond acceptors (Lipinski definition) is 9. The molecule has 2 aliphatic rings. The number of hydrogen-bond donors (Lipinski definition) is 3. The number of aromatic hydroxyl groups is 1. The number of fused-ring (bicyclic) bond motifs is 1. The molecule has 3 N–H and O–H groups in total. The summed E-state index contributed by atoms with van der Waals surface area (Å²) in [7, 11) is -2.01. The molecule has 0 radical (unpaired) electrons. The highest BCUT2D eigenvalue weighted by Gasteiger charge is 2.58. The van der Waals surface area contributed by atoms with Crippen LogP contribution >= 0.6 is 0 Å². The highest BCUT2D eigenvalue weighted by molar-refractivity contribution is 6.99. The fourth-order valence-corrected chi connectivity index (χ4v) is 12.9. The summed E-state index contributed by atoms with van der Waals surface area (Å²) >= 11 is 0. The maximum Gasteiger partial charge on any atom is 0.423 e. The molecular formula is C44H48N2O8Si. The van der Waals surface area contributed by atoms with Crippen molar-refractivity contribution in [2.24, 2.45) is 17.8 Å². The van der Waals surface area contributed by atoms with Crippen molar-refractivity contribution in [3.63, 3.8) is 0 Å². The third-order valence-corrected chi connectivity index (χ3v) is 15.9. The van der Waals surface area contributed by atoms with Crippen LogP contribution in [0.4, 0.5) is 4.79 Å². The molecule has 1 aliphatic carbocycles. The molecule has 1 saturated heterocycles. The number of pyridine rings is 1. The van der Waals surface area contributed by atoms with Gasteiger partial charge in [0.15, 0.2) is 0 Å². The molecule has 0 unspecified atom stereocenters. The van der Waals surface area contributed by atoms with E-state index in [0.29, 0.717) is 33.7 Å². The van der Waals surface area contributed by atoms with Gasteiger partial charge in [-0.1, -0.05) is 106 Å². The molecule has 0 bridgehead atoms. The number of carbonyl (C=O) groups is 3. The van der Waals surface area contributed by atoms with Crippen LogP contribution in [-0.4, -0.2) is 77.9 Å². The molecule has 2 heterocycles. The second-order valence-corrected chi connectivity index (χ2v) is 19.4. The zero-order valence-electron chi connectivity index (χ0n) is 31.6. The van der Waals surface area contributed by atoms with Crippen LogP contribution in [0.2, 0.25) is 5.04 Å². The average Bonchev–Trinajstić information content (AvgIpc) is 3.45. The fraction of sp³-hybridized carbons (Fsp3) is 0.318. The molecule has 286 valence electrons. The number of ether oxygens (including phenoxy) is 1. The van der Waals surface area contributed by atoms with E-state index in [-0.39, 0.29) is 30.2 Å². The van der Waals surface area contributed by atoms with E-state index in [9.17, 15) is 29.7 Å². The monoisotopic (exact) mass is 760 g/mol. The normalized spacial score (nSPS) is 19.7. The number of phenols is 1. The number of imide groups is 3. The fourth-order valence-electron chi connectivity index (χ4n) is 8.39. The summed E-state index contributed by atoms with van der Waals surface area (Å²) < 4.78 is 12.1. The molecule has 4 aromatic rings. The van der Waals surface area contributed by atoms with Crippen molar-refractivity contribution in [3.8, 4) is 5.75 Å². The molecule has 0 saturated carbocycles. The van der Waals surface area contributed by atoms with Gasteiger partial charge in [0.1, 0.15) is 5.75 Å². The van der Waals surface area contributed by atoms with E-state index in [4.69, 9.17) is 9.16 Å². The van der Waals surface area contributed by atoms with Crippen molar-refractivity contribution in [1.29, 1.82) is 0 Å². The van der Waals surface area contributed by atoms with Crippen LogP contribution in [0.25, 0.3) is 11.6 Å². The van der Waals surface area contributed by atoms with E-state index in [1.807, 2.05) is 60.7 Å². The summed E-state index contributed by atoms with van der Waals surface area (Å²) in [5.74, 6) is -4.36. The number of amides is 3. The Morgan fingerprint density at radius 1 is 0.927 bits per heavy atom. The standard InChI is InChI=1S/C44H48N2O8Si/c1-44(2,3)55(32-16-7-5-8-17-32,33-18-9-6-10-19-33)54-28-31-26-34-40(42(51)46(41(34)50)43(52)53-4)35(27-47)39(31)38(49)23-22-29(36-20-13-14-24-45-36)25-30-15-11-12-21-37(30)48/h5-21,24-25,34-35,38,40,47-49H,22-23,26-28H2,1-4H3/b29-25-/t34-,35+,38-,40-/m1/s1. The number of aliphatic hydroxyl groups is 2. The van der Waals surface area contributed by atoms with Crippen LogP contribution in [-0.2, 0) is 18.8 Å². The first kappa shape index (κ1) is 39.5. The number of methoxy groups -OCH3 is 1. The number of phenolic OH excluding ortho intramolecular Hbond substituents is 1. The second kappa shape index (κ2) is 16.7. The Balaban J connectivity index is 1.44. The van der Waals surface area contributed by atoms with Gasteiger partial charge in [0.05, 0.1) is 44.0 Å². The summed E-state index contributed by atoms with van der Waals surface area (Å²) in [4.78, 5) is 45.4. The Kier molecular flexibility index (Phi) is 12.0. The Bertz CT molecular complexity index is 2020. The first-order valence-corrected chi connectivity index (χ1v) is 20.4. The van der Waals surface area contributed by atoms with Gasteiger partial charge < -0.3 is 24.5 Å². The largest absolute Gasteiger partial charge is 0.507 e. The molecule has 1 aromatic heterocycles. The molecule has 6 rings (SSSR count). The lowest BCUT2D eigenvalue weighted by atomic mass is 9.68. The van der Waals surface area contributed by atoms with Gasteiger partial charge in [-0.25, -0.2) is 4.79 Å². The molecule has 4 atom stereocenters. The molecule has 1 aliphatic heterocycles. The first-order valence-electron chi connectivity index (χ1n) is 18.5. The molecule has 11 heteroatoms. The lowest BCUT2D eigenvalue weighted by Gasteiger charge is -2.44. The summed E-state index contributed by atoms with van der Waals surface area (Å²) in [6.07, 6.45) is 1.76. The zero-order chi connectivity index (χ0) is 39.3. The smallest absolute Gasteiger partial charge is 0.423 e. The number of rotatable bonds is 12. The lowest BCUT2D eigenvalue weighted by molar-refractivity contribution is -0.137. The van der Waals surface area contributed by atoms with E-state index in [1.54, 1.807) is 30.5 Å². The van der Waals surface area contributed by atoms with Crippen LogP contribution < -0.4 is 10.4 Å². The maximum absolute atomic E-state index is 13.8. The van der Waals surface area contributed by atoms with Gasteiger partial charge in [-0.15, -0.1) is 0 Å². The quantitative estimate of drug-likeness (QED) is 0.0938. The number of aromatic nitrogens is 1. The third-order valence-electron chi connectivity index (χ3n) is 10.9. The van der Waals surface area contributed by atoms with Crippen molar-refractivity contribution >= 4 is 48.2 Å². The topological polar surface area (TPSA) is 146 Å². The van der Waals surface area contributed by atoms with E-state index < -0.39 is 56.7 Å². The van der Waals surface area contributed by atoms with E-state index in [2.05, 4.69) is 50.0 Å². The van der Waals surface area contributed by atoms with E-state index in [1.165, 1.54) is 0 Å².